The molecule has 0 aromatic heterocycles. The van der Waals surface area contributed by atoms with Crippen molar-refractivity contribution in [3.05, 3.63) is 101 Å². The van der Waals surface area contributed by atoms with Crippen LogP contribution in [0.5, 0.6) is 0 Å². The minimum absolute atomic E-state index is 0.142. The van der Waals surface area contributed by atoms with Gasteiger partial charge in [0.15, 0.2) is 6.10 Å². The number of fused-ring (bicyclic) bond motifs is 5. The molecule has 1 heterocycles. The Kier molecular flexibility index (Phi) is 6.15. The fourth-order valence-corrected chi connectivity index (χ4v) is 6.80. The molecule has 3 aromatic carbocycles. The Morgan fingerprint density at radius 2 is 1.47 bits per heavy atom. The molecule has 192 valence electrons. The van der Waals surface area contributed by atoms with Crippen molar-refractivity contribution in [2.45, 2.75) is 31.8 Å². The molecule has 0 unspecified atom stereocenters. The number of esters is 1. The third kappa shape index (κ3) is 4.04. The quantitative estimate of drug-likeness (QED) is 0.233. The van der Waals surface area contributed by atoms with Gasteiger partial charge in [-0.1, -0.05) is 41.9 Å². The van der Waals surface area contributed by atoms with E-state index in [-0.39, 0.29) is 46.8 Å². The minimum atomic E-state index is -0.988. The predicted molar refractivity (Wildman–Crippen MR) is 142 cm³/mol. The molecule has 38 heavy (non-hydrogen) atoms. The number of amides is 2. The largest absolute Gasteiger partial charge is 0.451 e. The Bertz CT molecular complexity index is 1420. The molecule has 3 fully saturated rings. The van der Waals surface area contributed by atoms with E-state index in [1.807, 2.05) is 18.2 Å². The first kappa shape index (κ1) is 24.6. The molecule has 3 aromatic rings. The van der Waals surface area contributed by atoms with E-state index in [9.17, 15) is 19.2 Å². The molecule has 6 atom stereocenters. The normalized spacial score (nSPS) is 26.4. The molecule has 7 heteroatoms. The number of rotatable bonds is 6. The highest BCUT2D eigenvalue weighted by atomic mass is 35.5. The van der Waals surface area contributed by atoms with E-state index in [2.05, 4.69) is 12.1 Å². The van der Waals surface area contributed by atoms with Crippen molar-refractivity contribution in [2.24, 2.45) is 23.7 Å². The van der Waals surface area contributed by atoms with Gasteiger partial charge in [0, 0.05) is 10.6 Å². The first-order chi connectivity index (χ1) is 18.3. The lowest BCUT2D eigenvalue weighted by atomic mass is 9.73. The molecule has 0 N–H and O–H groups in total. The van der Waals surface area contributed by atoms with Crippen LogP contribution in [0.1, 0.15) is 52.0 Å². The summed E-state index contributed by atoms with van der Waals surface area (Å²) < 4.78 is 5.37. The Labute approximate surface area is 225 Å². The van der Waals surface area contributed by atoms with Gasteiger partial charge < -0.3 is 4.74 Å². The zero-order valence-corrected chi connectivity index (χ0v) is 21.5. The van der Waals surface area contributed by atoms with Gasteiger partial charge in [-0.05, 0) is 91.6 Å². The maximum absolute atomic E-state index is 13.5. The van der Waals surface area contributed by atoms with Crippen LogP contribution >= 0.6 is 11.6 Å². The Morgan fingerprint density at radius 1 is 0.842 bits per heavy atom. The number of hydrogen-bond donors (Lipinski definition) is 0. The van der Waals surface area contributed by atoms with Crippen LogP contribution in [0.4, 0.5) is 5.69 Å². The van der Waals surface area contributed by atoms with Crippen molar-refractivity contribution in [3.8, 4) is 0 Å². The van der Waals surface area contributed by atoms with Gasteiger partial charge >= 0.3 is 5.97 Å². The Hall–Kier alpha value is -3.77. The van der Waals surface area contributed by atoms with Crippen LogP contribution in [0.3, 0.4) is 0 Å². The summed E-state index contributed by atoms with van der Waals surface area (Å²) in [7, 11) is 0. The SMILES string of the molecule is C[C@H](OC(=O)c1ccc(N2C(=O)[C@@H]3[C@@H]4C[C@@H]([C@@H]3C2=O)[C@H](c2ccccc2)C4)cc1)C(=O)c1ccc(Cl)cc1. The van der Waals surface area contributed by atoms with Crippen molar-refractivity contribution >= 4 is 40.9 Å². The van der Waals surface area contributed by atoms with Gasteiger partial charge in [0.2, 0.25) is 17.6 Å². The van der Waals surface area contributed by atoms with E-state index >= 15 is 0 Å². The van der Waals surface area contributed by atoms with Crippen LogP contribution in [-0.2, 0) is 14.3 Å². The molecule has 2 aliphatic carbocycles. The lowest BCUT2D eigenvalue weighted by molar-refractivity contribution is -0.123. The molecular formula is C31H26ClNO5. The second-order valence-corrected chi connectivity index (χ2v) is 10.9. The number of carbonyl (C=O) groups is 4. The third-order valence-electron chi connectivity index (χ3n) is 8.39. The molecule has 1 saturated heterocycles. The Morgan fingerprint density at radius 3 is 2.16 bits per heavy atom. The number of Topliss-reactive ketones (excluding diaryl/α,β-unsaturated/α-hetero) is 1. The molecule has 1 aliphatic heterocycles. The van der Waals surface area contributed by atoms with Gasteiger partial charge in [-0.25, -0.2) is 4.79 Å². The fourth-order valence-electron chi connectivity index (χ4n) is 6.67. The number of ether oxygens (including phenoxy) is 1. The van der Waals surface area contributed by atoms with Gasteiger partial charge in [-0.15, -0.1) is 0 Å². The van der Waals surface area contributed by atoms with Crippen LogP contribution < -0.4 is 4.90 Å². The number of hydrogen-bond acceptors (Lipinski definition) is 5. The lowest BCUT2D eigenvalue weighted by Gasteiger charge is -2.28. The molecule has 2 amide bonds. The number of halogens is 1. The molecule has 2 bridgehead atoms. The lowest BCUT2D eigenvalue weighted by Crippen LogP contribution is -2.33. The average molecular weight is 528 g/mol. The van der Waals surface area contributed by atoms with Crippen LogP contribution in [0.2, 0.25) is 5.02 Å². The zero-order chi connectivity index (χ0) is 26.6. The summed E-state index contributed by atoms with van der Waals surface area (Å²) in [5.41, 5.74) is 2.31. The molecular weight excluding hydrogens is 502 g/mol. The highest BCUT2D eigenvalue weighted by Crippen LogP contribution is 2.61. The first-order valence-corrected chi connectivity index (χ1v) is 13.2. The summed E-state index contributed by atoms with van der Waals surface area (Å²) in [4.78, 5) is 53.5. The second kappa shape index (κ2) is 9.52. The topological polar surface area (TPSA) is 80.8 Å². The highest BCUT2D eigenvalue weighted by Gasteiger charge is 2.64. The van der Waals surface area contributed by atoms with Gasteiger partial charge in [0.25, 0.3) is 0 Å². The van der Waals surface area contributed by atoms with Crippen LogP contribution in [0.25, 0.3) is 0 Å². The fraction of sp³-hybridized carbons (Fsp3) is 0.290. The van der Waals surface area contributed by atoms with Crippen molar-refractivity contribution in [3.63, 3.8) is 0 Å². The summed E-state index contributed by atoms with van der Waals surface area (Å²) in [6.45, 7) is 1.51. The standard InChI is InChI=1S/C31H26ClNO5/c1-17(28(34)19-7-11-22(32)12-8-19)38-31(37)20-9-13-23(14-10-20)33-29(35)26-21-15-24(18-5-3-2-4-6-18)25(16-21)27(26)30(33)36/h2-14,17,21,24-27H,15-16H2,1H3/t17-,21-,24-,25+,26+,27-/m0/s1. The minimum Gasteiger partial charge on any atom is -0.451 e. The Balaban J connectivity index is 1.15. The maximum atomic E-state index is 13.5. The summed E-state index contributed by atoms with van der Waals surface area (Å²) >= 11 is 5.87. The molecule has 0 radical (unpaired) electrons. The summed E-state index contributed by atoms with van der Waals surface area (Å²) in [6, 6.07) is 22.8. The van der Waals surface area contributed by atoms with Gasteiger partial charge in [-0.2, -0.15) is 0 Å². The number of anilines is 1. The number of carbonyl (C=O) groups excluding carboxylic acids is 4. The highest BCUT2D eigenvalue weighted by molar-refractivity contribution is 6.30. The summed E-state index contributed by atoms with van der Waals surface area (Å²) in [6.07, 6.45) is 0.857. The van der Waals surface area contributed by atoms with E-state index in [1.54, 1.807) is 36.4 Å². The van der Waals surface area contributed by atoms with Crippen molar-refractivity contribution in [1.82, 2.24) is 0 Å². The van der Waals surface area contributed by atoms with Crippen LogP contribution in [-0.4, -0.2) is 29.7 Å². The molecule has 6 rings (SSSR count). The molecule has 6 nitrogen and oxygen atoms in total. The first-order valence-electron chi connectivity index (χ1n) is 12.9. The van der Waals surface area contributed by atoms with Crippen molar-refractivity contribution < 1.29 is 23.9 Å². The second-order valence-electron chi connectivity index (χ2n) is 10.4. The zero-order valence-electron chi connectivity index (χ0n) is 20.8. The van der Waals surface area contributed by atoms with E-state index in [1.165, 1.54) is 29.5 Å². The number of ketones is 1. The molecule has 2 saturated carbocycles. The number of imide groups is 1. The van der Waals surface area contributed by atoms with Gasteiger partial charge in [0.05, 0.1) is 23.1 Å². The van der Waals surface area contributed by atoms with Crippen LogP contribution in [0, 0.1) is 23.7 Å². The molecule has 3 aliphatic rings. The summed E-state index contributed by atoms with van der Waals surface area (Å²) in [5, 5.41) is 0.508. The summed E-state index contributed by atoms with van der Waals surface area (Å²) in [5.74, 6) is -1.17. The van der Waals surface area contributed by atoms with E-state index in [4.69, 9.17) is 16.3 Å². The van der Waals surface area contributed by atoms with Gasteiger partial charge in [-0.3, -0.25) is 19.3 Å². The average Bonchev–Trinajstić information content (AvgIpc) is 3.60. The van der Waals surface area contributed by atoms with Gasteiger partial charge in [0.1, 0.15) is 0 Å². The van der Waals surface area contributed by atoms with Crippen molar-refractivity contribution in [2.75, 3.05) is 4.90 Å². The van der Waals surface area contributed by atoms with E-state index in [0.717, 1.165) is 12.8 Å². The smallest absolute Gasteiger partial charge is 0.338 e. The van der Waals surface area contributed by atoms with Crippen molar-refractivity contribution in [1.29, 1.82) is 0 Å². The predicted octanol–water partition coefficient (Wildman–Crippen LogP) is 5.70. The monoisotopic (exact) mass is 527 g/mol. The van der Waals surface area contributed by atoms with E-state index < -0.39 is 12.1 Å². The third-order valence-corrected chi connectivity index (χ3v) is 8.64. The maximum Gasteiger partial charge on any atom is 0.338 e. The number of nitrogens with zero attached hydrogens (tertiary/aromatic N) is 1. The molecule has 0 spiro atoms. The van der Waals surface area contributed by atoms with Crippen LogP contribution in [0.15, 0.2) is 78.9 Å². The van der Waals surface area contributed by atoms with E-state index in [0.29, 0.717) is 22.2 Å². The number of benzene rings is 3.